The Balaban J connectivity index is 2.19. The van der Waals surface area contributed by atoms with Crippen LogP contribution in [0.2, 0.25) is 0 Å². The molecule has 0 fully saturated rings. The van der Waals surface area contributed by atoms with Crippen LogP contribution in [-0.2, 0) is 9.53 Å². The van der Waals surface area contributed by atoms with E-state index in [2.05, 4.69) is 26.0 Å². The number of hydrogen-bond donors (Lipinski definition) is 2. The SMILES string of the molecule is CC[C@H](N)C(=O)O[C@H]1C[C@H](O)C=C2C=C[C@@H](C)[C@H](C)C21. The third-order valence-electron chi connectivity index (χ3n) is 4.64. The summed E-state index contributed by atoms with van der Waals surface area (Å²) >= 11 is 0. The van der Waals surface area contributed by atoms with Crippen molar-refractivity contribution < 1.29 is 14.6 Å². The first-order valence-electron chi connectivity index (χ1n) is 7.48. The molecular weight excluding hydrogens is 254 g/mol. The minimum absolute atomic E-state index is 0.159. The van der Waals surface area contributed by atoms with E-state index in [0.29, 0.717) is 24.7 Å². The van der Waals surface area contributed by atoms with Crippen LogP contribution in [0.15, 0.2) is 23.8 Å². The molecule has 0 heterocycles. The van der Waals surface area contributed by atoms with Gasteiger partial charge in [-0.1, -0.05) is 39.0 Å². The Morgan fingerprint density at radius 3 is 2.90 bits per heavy atom. The molecule has 0 aromatic carbocycles. The molecule has 112 valence electrons. The van der Waals surface area contributed by atoms with Crippen LogP contribution in [0.5, 0.6) is 0 Å². The number of carbonyl (C=O) groups excluding carboxylic acids is 1. The summed E-state index contributed by atoms with van der Waals surface area (Å²) in [5.74, 6) is 0.620. The largest absolute Gasteiger partial charge is 0.460 e. The van der Waals surface area contributed by atoms with Crippen molar-refractivity contribution in [2.24, 2.45) is 23.5 Å². The average Bonchev–Trinajstić information content (AvgIpc) is 2.41. The molecule has 0 aromatic rings. The van der Waals surface area contributed by atoms with E-state index < -0.39 is 12.1 Å². The summed E-state index contributed by atoms with van der Waals surface area (Å²) in [6, 6.07) is -0.576. The van der Waals surface area contributed by atoms with Gasteiger partial charge >= 0.3 is 5.97 Å². The molecule has 6 atom stereocenters. The Morgan fingerprint density at radius 2 is 2.25 bits per heavy atom. The van der Waals surface area contributed by atoms with Crippen molar-refractivity contribution in [2.75, 3.05) is 0 Å². The Hall–Kier alpha value is -1.13. The summed E-state index contributed by atoms with van der Waals surface area (Å²) in [5.41, 5.74) is 6.81. The lowest BCUT2D eigenvalue weighted by Crippen LogP contribution is -2.44. The third-order valence-corrected chi connectivity index (χ3v) is 4.64. The van der Waals surface area contributed by atoms with Crippen molar-refractivity contribution in [3.63, 3.8) is 0 Å². The van der Waals surface area contributed by atoms with E-state index >= 15 is 0 Å². The lowest BCUT2D eigenvalue weighted by Gasteiger charge is -2.41. The van der Waals surface area contributed by atoms with Crippen molar-refractivity contribution >= 4 is 5.97 Å². The molecule has 0 bridgehead atoms. The summed E-state index contributed by atoms with van der Waals surface area (Å²) < 4.78 is 5.60. The molecule has 0 saturated heterocycles. The minimum atomic E-state index is -0.576. The van der Waals surface area contributed by atoms with E-state index in [-0.39, 0.29) is 18.0 Å². The molecule has 2 rings (SSSR count). The van der Waals surface area contributed by atoms with Crippen molar-refractivity contribution in [2.45, 2.75) is 51.9 Å². The second-order valence-electron chi connectivity index (χ2n) is 6.06. The summed E-state index contributed by atoms with van der Waals surface area (Å²) in [4.78, 5) is 11.9. The van der Waals surface area contributed by atoms with Gasteiger partial charge in [-0.05, 0) is 23.8 Å². The molecule has 20 heavy (non-hydrogen) atoms. The van der Waals surface area contributed by atoms with Gasteiger partial charge < -0.3 is 15.6 Å². The predicted octanol–water partition coefficient (Wildman–Crippen LogP) is 1.78. The third kappa shape index (κ3) is 2.96. The zero-order valence-corrected chi connectivity index (χ0v) is 12.5. The smallest absolute Gasteiger partial charge is 0.323 e. The van der Waals surface area contributed by atoms with Gasteiger partial charge in [0, 0.05) is 12.3 Å². The molecule has 3 N–H and O–H groups in total. The quantitative estimate of drug-likeness (QED) is 0.772. The normalized spacial score (nSPS) is 37.9. The average molecular weight is 279 g/mol. The summed E-state index contributed by atoms with van der Waals surface area (Å²) in [6.45, 7) is 6.20. The fourth-order valence-corrected chi connectivity index (χ4v) is 3.10. The van der Waals surface area contributed by atoms with Crippen LogP contribution in [0.1, 0.15) is 33.6 Å². The highest BCUT2D eigenvalue weighted by molar-refractivity contribution is 5.75. The summed E-state index contributed by atoms with van der Waals surface area (Å²) in [6.07, 6.45) is 6.28. The van der Waals surface area contributed by atoms with E-state index in [1.807, 2.05) is 13.0 Å². The lowest BCUT2D eigenvalue weighted by molar-refractivity contribution is -0.156. The van der Waals surface area contributed by atoms with E-state index in [1.54, 1.807) is 0 Å². The molecule has 2 aliphatic rings. The van der Waals surface area contributed by atoms with Crippen LogP contribution in [0.4, 0.5) is 0 Å². The van der Waals surface area contributed by atoms with Crippen LogP contribution < -0.4 is 5.73 Å². The van der Waals surface area contributed by atoms with E-state index in [0.717, 1.165) is 5.57 Å². The number of allylic oxidation sites excluding steroid dienone is 2. The highest BCUT2D eigenvalue weighted by atomic mass is 16.5. The monoisotopic (exact) mass is 279 g/mol. The number of esters is 1. The maximum absolute atomic E-state index is 11.9. The number of aliphatic hydroxyl groups is 1. The molecule has 0 amide bonds. The van der Waals surface area contributed by atoms with Crippen molar-refractivity contribution in [1.82, 2.24) is 0 Å². The molecule has 4 heteroatoms. The molecule has 2 aliphatic carbocycles. The van der Waals surface area contributed by atoms with Gasteiger partial charge in [-0.25, -0.2) is 0 Å². The van der Waals surface area contributed by atoms with Gasteiger partial charge in [-0.2, -0.15) is 0 Å². The molecular formula is C16H25NO3. The number of fused-ring (bicyclic) bond motifs is 1. The fourth-order valence-electron chi connectivity index (χ4n) is 3.10. The van der Waals surface area contributed by atoms with Crippen LogP contribution in [0, 0.1) is 17.8 Å². The Morgan fingerprint density at radius 1 is 1.55 bits per heavy atom. The first-order valence-corrected chi connectivity index (χ1v) is 7.48. The highest BCUT2D eigenvalue weighted by Crippen LogP contribution is 2.41. The Kier molecular flexibility index (Phi) is 4.66. The van der Waals surface area contributed by atoms with E-state index in [1.165, 1.54) is 0 Å². The Bertz CT molecular complexity index is 429. The molecule has 1 unspecified atom stereocenters. The zero-order chi connectivity index (χ0) is 14.9. The van der Waals surface area contributed by atoms with Gasteiger partial charge in [0.2, 0.25) is 0 Å². The number of rotatable bonds is 3. The molecule has 0 aliphatic heterocycles. The second-order valence-corrected chi connectivity index (χ2v) is 6.06. The summed E-state index contributed by atoms with van der Waals surface area (Å²) in [5, 5.41) is 9.95. The standard InChI is InChI=1S/C16H25NO3/c1-4-13(17)16(19)20-14-8-12(18)7-11-6-5-9(2)10(3)15(11)14/h5-7,9-10,12-15,18H,4,8,17H2,1-3H3/t9-,10+,12-,13+,14+,15?/m1/s1. The first-order chi connectivity index (χ1) is 9.43. The Labute approximate surface area is 120 Å². The van der Waals surface area contributed by atoms with Gasteiger partial charge in [-0.15, -0.1) is 0 Å². The number of aliphatic hydroxyl groups excluding tert-OH is 1. The molecule has 0 aromatic heterocycles. The fraction of sp³-hybridized carbons (Fsp3) is 0.688. The molecule has 0 radical (unpaired) electrons. The van der Waals surface area contributed by atoms with Gasteiger partial charge in [0.15, 0.2) is 0 Å². The van der Waals surface area contributed by atoms with Crippen molar-refractivity contribution in [3.8, 4) is 0 Å². The minimum Gasteiger partial charge on any atom is -0.460 e. The van der Waals surface area contributed by atoms with Crippen molar-refractivity contribution in [1.29, 1.82) is 0 Å². The van der Waals surface area contributed by atoms with E-state index in [9.17, 15) is 9.90 Å². The topological polar surface area (TPSA) is 72.6 Å². The van der Waals surface area contributed by atoms with Gasteiger partial charge in [0.1, 0.15) is 12.1 Å². The first kappa shape index (κ1) is 15.3. The van der Waals surface area contributed by atoms with Crippen LogP contribution >= 0.6 is 0 Å². The number of ether oxygens (including phenoxy) is 1. The molecule has 4 nitrogen and oxygen atoms in total. The van der Waals surface area contributed by atoms with Gasteiger partial charge in [-0.3, -0.25) is 4.79 Å². The number of hydrogen-bond acceptors (Lipinski definition) is 4. The maximum atomic E-state index is 11.9. The maximum Gasteiger partial charge on any atom is 0.323 e. The molecule has 0 saturated carbocycles. The van der Waals surface area contributed by atoms with Crippen LogP contribution in [-0.4, -0.2) is 29.3 Å². The van der Waals surface area contributed by atoms with Gasteiger partial charge in [0.25, 0.3) is 0 Å². The zero-order valence-electron chi connectivity index (χ0n) is 12.5. The van der Waals surface area contributed by atoms with Crippen molar-refractivity contribution in [3.05, 3.63) is 23.8 Å². The summed E-state index contributed by atoms with van der Waals surface area (Å²) in [7, 11) is 0. The van der Waals surface area contributed by atoms with Gasteiger partial charge in [0.05, 0.1) is 6.10 Å². The lowest BCUT2D eigenvalue weighted by atomic mass is 9.69. The number of carbonyl (C=O) groups is 1. The highest BCUT2D eigenvalue weighted by Gasteiger charge is 2.40. The molecule has 0 spiro atoms. The van der Waals surface area contributed by atoms with Crippen LogP contribution in [0.25, 0.3) is 0 Å². The predicted molar refractivity (Wildman–Crippen MR) is 77.8 cm³/mol. The number of nitrogens with two attached hydrogens (primary N) is 1. The second kappa shape index (κ2) is 6.10. The van der Waals surface area contributed by atoms with E-state index in [4.69, 9.17) is 10.5 Å². The van der Waals surface area contributed by atoms with Crippen LogP contribution in [0.3, 0.4) is 0 Å².